The van der Waals surface area contributed by atoms with Crippen LogP contribution in [0.5, 0.6) is 5.75 Å². The predicted octanol–water partition coefficient (Wildman–Crippen LogP) is 3.39. The van der Waals surface area contributed by atoms with Crippen molar-refractivity contribution in [1.29, 1.82) is 0 Å². The van der Waals surface area contributed by atoms with Gasteiger partial charge in [-0.1, -0.05) is 12.2 Å². The van der Waals surface area contributed by atoms with Crippen LogP contribution in [0.3, 0.4) is 0 Å². The molecule has 2 atom stereocenters. The highest BCUT2D eigenvalue weighted by atomic mass is 79.9. The van der Waals surface area contributed by atoms with E-state index in [1.165, 1.54) is 0 Å². The van der Waals surface area contributed by atoms with Gasteiger partial charge in [0, 0.05) is 10.5 Å². The van der Waals surface area contributed by atoms with Crippen LogP contribution < -0.4 is 4.74 Å². The fraction of sp³-hybridized carbons (Fsp3) is 0.400. The van der Waals surface area contributed by atoms with Gasteiger partial charge in [-0.15, -0.1) is 0 Å². The Morgan fingerprint density at radius 3 is 3.00 bits per heavy atom. The lowest BCUT2D eigenvalue weighted by Gasteiger charge is -2.31. The molecule has 1 aromatic rings. The summed E-state index contributed by atoms with van der Waals surface area (Å²) in [6.45, 7) is 0. The number of benzene rings is 1. The molecule has 100 valence electrons. The molecule has 2 aliphatic rings. The molecule has 3 nitrogen and oxygen atoms in total. The van der Waals surface area contributed by atoms with Crippen molar-refractivity contribution in [3.05, 3.63) is 40.4 Å². The Kier molecular flexibility index (Phi) is 3.35. The summed E-state index contributed by atoms with van der Waals surface area (Å²) in [6.07, 6.45) is 7.52. The Balaban J connectivity index is 1.94. The zero-order chi connectivity index (χ0) is 13.4. The molecule has 0 radical (unpaired) electrons. The molecule has 0 N–H and O–H groups in total. The summed E-state index contributed by atoms with van der Waals surface area (Å²) in [6, 6.07) is 6.16. The number of carbonyl (C=O) groups excluding carboxylic acids is 1. The smallest absolute Gasteiger partial charge is 0.255 e. The lowest BCUT2D eigenvalue weighted by atomic mass is 10.1. The number of ether oxygens (including phenoxy) is 1. The zero-order valence-corrected chi connectivity index (χ0v) is 12.4. The molecule has 19 heavy (non-hydrogen) atoms. The quantitative estimate of drug-likeness (QED) is 0.781. The monoisotopic (exact) mass is 321 g/mol. The van der Waals surface area contributed by atoms with Crippen molar-refractivity contribution < 1.29 is 9.53 Å². The van der Waals surface area contributed by atoms with E-state index in [0.29, 0.717) is 17.4 Å². The minimum Gasteiger partial charge on any atom is -0.497 e. The third-order valence-electron chi connectivity index (χ3n) is 3.95. The van der Waals surface area contributed by atoms with Crippen molar-refractivity contribution in [2.45, 2.75) is 31.3 Å². The third kappa shape index (κ3) is 2.18. The molecule has 3 rings (SSSR count). The van der Waals surface area contributed by atoms with E-state index in [1.807, 2.05) is 23.1 Å². The number of nitrogens with zero attached hydrogens (tertiary/aromatic N) is 1. The molecule has 2 aliphatic heterocycles. The summed E-state index contributed by atoms with van der Waals surface area (Å²) in [7, 11) is 1.62. The van der Waals surface area contributed by atoms with E-state index in [1.54, 1.807) is 7.11 Å². The highest BCUT2D eigenvalue weighted by molar-refractivity contribution is 9.10. The first-order valence-corrected chi connectivity index (χ1v) is 7.33. The van der Waals surface area contributed by atoms with Gasteiger partial charge in [0.25, 0.3) is 5.91 Å². The van der Waals surface area contributed by atoms with E-state index >= 15 is 0 Å². The number of hydrogen-bond donors (Lipinski definition) is 0. The topological polar surface area (TPSA) is 29.5 Å². The number of amides is 1. The number of hydrogen-bond acceptors (Lipinski definition) is 2. The Bertz CT molecular complexity index is 541. The van der Waals surface area contributed by atoms with Crippen molar-refractivity contribution >= 4 is 21.8 Å². The number of fused-ring (bicyclic) bond motifs is 2. The van der Waals surface area contributed by atoms with Gasteiger partial charge < -0.3 is 9.64 Å². The molecule has 4 heteroatoms. The van der Waals surface area contributed by atoms with Gasteiger partial charge in [0.1, 0.15) is 5.75 Å². The van der Waals surface area contributed by atoms with E-state index in [2.05, 4.69) is 28.1 Å². The van der Waals surface area contributed by atoms with Gasteiger partial charge in [0.15, 0.2) is 0 Å². The molecule has 1 amide bonds. The third-order valence-corrected chi connectivity index (χ3v) is 4.64. The molecule has 0 spiro atoms. The standard InChI is InChI=1S/C15H16BrNO2/c1-19-12-7-8-14(16)13(9-12)15(18)17-10-3-2-4-11(17)6-5-10/h2-3,7-11H,4-6H2,1H3. The summed E-state index contributed by atoms with van der Waals surface area (Å²) in [4.78, 5) is 14.8. The maximum atomic E-state index is 12.8. The van der Waals surface area contributed by atoms with Gasteiger partial charge >= 0.3 is 0 Å². The molecule has 0 saturated carbocycles. The van der Waals surface area contributed by atoms with Crippen LogP contribution >= 0.6 is 15.9 Å². The summed E-state index contributed by atoms with van der Waals surface area (Å²) < 4.78 is 6.04. The number of halogens is 1. The van der Waals surface area contributed by atoms with Gasteiger partial charge in [0.2, 0.25) is 0 Å². The highest BCUT2D eigenvalue weighted by Crippen LogP contribution is 2.34. The largest absolute Gasteiger partial charge is 0.497 e. The number of rotatable bonds is 2. The molecule has 2 bridgehead atoms. The second-order valence-electron chi connectivity index (χ2n) is 5.02. The fourth-order valence-corrected chi connectivity index (χ4v) is 3.39. The number of methoxy groups -OCH3 is 1. The zero-order valence-electron chi connectivity index (χ0n) is 10.8. The van der Waals surface area contributed by atoms with Crippen LogP contribution in [0.1, 0.15) is 29.6 Å². The second kappa shape index (κ2) is 5.00. The van der Waals surface area contributed by atoms with E-state index < -0.39 is 0 Å². The van der Waals surface area contributed by atoms with E-state index in [0.717, 1.165) is 23.7 Å². The van der Waals surface area contributed by atoms with Gasteiger partial charge in [-0.2, -0.15) is 0 Å². The van der Waals surface area contributed by atoms with E-state index in [-0.39, 0.29) is 11.9 Å². The Morgan fingerprint density at radius 2 is 2.26 bits per heavy atom. The predicted molar refractivity (Wildman–Crippen MR) is 77.4 cm³/mol. The molecule has 0 aromatic heterocycles. The van der Waals surface area contributed by atoms with Crippen LogP contribution in [-0.2, 0) is 0 Å². The van der Waals surface area contributed by atoms with E-state index in [4.69, 9.17) is 4.74 Å². The van der Waals surface area contributed by atoms with Crippen molar-refractivity contribution in [2.24, 2.45) is 0 Å². The molecule has 1 saturated heterocycles. The molecule has 0 aliphatic carbocycles. The Morgan fingerprint density at radius 1 is 1.42 bits per heavy atom. The summed E-state index contributed by atoms with van der Waals surface area (Å²) in [5, 5.41) is 0. The SMILES string of the molecule is COc1ccc(Br)c(C(=O)N2C3C=CCC2CC3)c1. The van der Waals surface area contributed by atoms with Crippen LogP contribution in [0.25, 0.3) is 0 Å². The van der Waals surface area contributed by atoms with Crippen molar-refractivity contribution in [2.75, 3.05) is 7.11 Å². The first-order chi connectivity index (χ1) is 9.20. The van der Waals surface area contributed by atoms with Crippen LogP contribution in [-0.4, -0.2) is 30.0 Å². The van der Waals surface area contributed by atoms with Gasteiger partial charge in [-0.3, -0.25) is 4.79 Å². The van der Waals surface area contributed by atoms with Gasteiger partial charge in [-0.25, -0.2) is 0 Å². The molecule has 1 fully saturated rings. The van der Waals surface area contributed by atoms with Gasteiger partial charge in [-0.05, 0) is 53.4 Å². The van der Waals surface area contributed by atoms with Crippen molar-refractivity contribution in [1.82, 2.24) is 4.90 Å². The summed E-state index contributed by atoms with van der Waals surface area (Å²) >= 11 is 3.47. The molecular formula is C15H16BrNO2. The molecule has 2 heterocycles. The first kappa shape index (κ1) is 12.7. The Hall–Kier alpha value is -1.29. The average Bonchev–Trinajstić information content (AvgIpc) is 2.68. The van der Waals surface area contributed by atoms with Crippen LogP contribution in [0.4, 0.5) is 0 Å². The second-order valence-corrected chi connectivity index (χ2v) is 5.87. The summed E-state index contributed by atoms with van der Waals surface area (Å²) in [5.41, 5.74) is 0.687. The van der Waals surface area contributed by atoms with Crippen LogP contribution in [0.2, 0.25) is 0 Å². The first-order valence-electron chi connectivity index (χ1n) is 6.53. The molecule has 2 unspecified atom stereocenters. The van der Waals surface area contributed by atoms with Crippen LogP contribution in [0, 0.1) is 0 Å². The average molecular weight is 322 g/mol. The molecular weight excluding hydrogens is 306 g/mol. The van der Waals surface area contributed by atoms with E-state index in [9.17, 15) is 4.79 Å². The molecule has 1 aromatic carbocycles. The lowest BCUT2D eigenvalue weighted by molar-refractivity contribution is 0.0687. The Labute approximate surface area is 121 Å². The summed E-state index contributed by atoms with van der Waals surface area (Å²) in [5.74, 6) is 0.814. The van der Waals surface area contributed by atoms with Crippen molar-refractivity contribution in [3.8, 4) is 5.75 Å². The lowest BCUT2D eigenvalue weighted by Crippen LogP contribution is -2.42. The van der Waals surface area contributed by atoms with Gasteiger partial charge in [0.05, 0.1) is 18.7 Å². The maximum absolute atomic E-state index is 12.8. The minimum atomic E-state index is 0.0997. The minimum absolute atomic E-state index is 0.0997. The fourth-order valence-electron chi connectivity index (χ4n) is 2.98. The van der Waals surface area contributed by atoms with Crippen molar-refractivity contribution in [3.63, 3.8) is 0 Å². The highest BCUT2D eigenvalue weighted by Gasteiger charge is 2.37. The maximum Gasteiger partial charge on any atom is 0.255 e. The normalized spacial score (nSPS) is 24.6. The number of carbonyl (C=O) groups is 1. The van der Waals surface area contributed by atoms with Crippen LogP contribution in [0.15, 0.2) is 34.8 Å².